The van der Waals surface area contributed by atoms with Crippen LogP contribution in [0.15, 0.2) is 23.0 Å². The molecule has 3 heterocycles. The van der Waals surface area contributed by atoms with E-state index in [9.17, 15) is 14.7 Å². The Bertz CT molecular complexity index is 753. The summed E-state index contributed by atoms with van der Waals surface area (Å²) < 4.78 is 12.0. The Balaban J connectivity index is 1.74. The second-order valence-electron chi connectivity index (χ2n) is 5.80. The summed E-state index contributed by atoms with van der Waals surface area (Å²) in [6, 6.07) is 0.592. The summed E-state index contributed by atoms with van der Waals surface area (Å²) in [6.45, 7) is 2.48. The summed E-state index contributed by atoms with van der Waals surface area (Å²) in [6.07, 6.45) is 3.52. The van der Waals surface area contributed by atoms with E-state index in [-0.39, 0.29) is 24.8 Å². The molecule has 1 N–H and O–H groups in total. The number of methoxy groups -OCH3 is 1. The summed E-state index contributed by atoms with van der Waals surface area (Å²) in [5.41, 5.74) is 1.09. The molecule has 0 aliphatic carbocycles. The molecule has 128 valence electrons. The lowest BCUT2D eigenvalue weighted by Gasteiger charge is -2.19. The number of carbonyl (C=O) groups excluding carboxylic acids is 1. The third kappa shape index (κ3) is 3.16. The zero-order valence-corrected chi connectivity index (χ0v) is 13.4. The molecule has 24 heavy (non-hydrogen) atoms. The number of amides is 1. The van der Waals surface area contributed by atoms with Gasteiger partial charge in [0.15, 0.2) is 11.5 Å². The van der Waals surface area contributed by atoms with E-state index >= 15 is 0 Å². The van der Waals surface area contributed by atoms with E-state index in [1.165, 1.54) is 18.1 Å². The highest BCUT2D eigenvalue weighted by molar-refractivity contribution is 5.95. The fourth-order valence-corrected chi connectivity index (χ4v) is 2.78. The third-order valence-corrected chi connectivity index (χ3v) is 4.00. The van der Waals surface area contributed by atoms with Crippen LogP contribution >= 0.6 is 0 Å². The number of likely N-dealkylation sites (tertiary alicyclic amines) is 1. The number of carbonyl (C=O) groups is 2. The van der Waals surface area contributed by atoms with Gasteiger partial charge in [0.2, 0.25) is 0 Å². The van der Waals surface area contributed by atoms with E-state index in [4.69, 9.17) is 9.26 Å². The van der Waals surface area contributed by atoms with Crippen LogP contribution in [-0.2, 0) is 16.1 Å². The van der Waals surface area contributed by atoms with E-state index in [0.29, 0.717) is 12.3 Å². The van der Waals surface area contributed by atoms with Gasteiger partial charge >= 0.3 is 5.97 Å². The van der Waals surface area contributed by atoms with Crippen molar-refractivity contribution in [3.8, 4) is 0 Å². The summed E-state index contributed by atoms with van der Waals surface area (Å²) >= 11 is 0. The predicted molar refractivity (Wildman–Crippen MR) is 80.4 cm³/mol. The first-order chi connectivity index (χ1) is 11.5. The van der Waals surface area contributed by atoms with Gasteiger partial charge in [-0.05, 0) is 12.5 Å². The molecule has 1 fully saturated rings. The number of rotatable bonds is 5. The van der Waals surface area contributed by atoms with Crippen molar-refractivity contribution in [2.24, 2.45) is 0 Å². The zero-order chi connectivity index (χ0) is 17.3. The van der Waals surface area contributed by atoms with Gasteiger partial charge in [-0.3, -0.25) is 9.48 Å². The second kappa shape index (κ2) is 6.44. The molecular weight excluding hydrogens is 316 g/mol. The van der Waals surface area contributed by atoms with Crippen LogP contribution in [0.1, 0.15) is 28.2 Å². The Kier molecular flexibility index (Phi) is 4.34. The maximum Gasteiger partial charge on any atom is 0.326 e. The predicted octanol–water partition coefficient (Wildman–Crippen LogP) is 0.542. The van der Waals surface area contributed by atoms with Crippen molar-refractivity contribution in [3.05, 3.63) is 35.5 Å². The fraction of sp³-hybridized carbons (Fsp3) is 0.467. The van der Waals surface area contributed by atoms with Crippen LogP contribution in [0.25, 0.3) is 0 Å². The number of nitrogens with zero attached hydrogens (tertiary/aromatic N) is 4. The van der Waals surface area contributed by atoms with Gasteiger partial charge in [0.05, 0.1) is 12.3 Å². The van der Waals surface area contributed by atoms with E-state index in [2.05, 4.69) is 10.3 Å². The van der Waals surface area contributed by atoms with Crippen molar-refractivity contribution in [2.45, 2.75) is 32.0 Å². The molecule has 1 aliphatic heterocycles. The lowest BCUT2D eigenvalue weighted by Crippen LogP contribution is -2.40. The summed E-state index contributed by atoms with van der Waals surface area (Å²) in [4.78, 5) is 25.2. The van der Waals surface area contributed by atoms with E-state index < -0.39 is 17.9 Å². The van der Waals surface area contributed by atoms with Gasteiger partial charge in [0.25, 0.3) is 5.91 Å². The van der Waals surface area contributed by atoms with Gasteiger partial charge in [-0.15, -0.1) is 0 Å². The summed E-state index contributed by atoms with van der Waals surface area (Å²) in [7, 11) is 1.50. The van der Waals surface area contributed by atoms with Crippen LogP contribution in [0.2, 0.25) is 0 Å². The number of ether oxygens (including phenoxy) is 1. The minimum Gasteiger partial charge on any atom is -0.480 e. The number of carboxylic acid groups (broad SMARTS) is 1. The average Bonchev–Trinajstić information content (AvgIpc) is 3.26. The largest absolute Gasteiger partial charge is 0.480 e. The molecule has 3 rings (SSSR count). The maximum absolute atomic E-state index is 12.6. The number of aromatic nitrogens is 3. The first-order valence-corrected chi connectivity index (χ1v) is 7.49. The van der Waals surface area contributed by atoms with Crippen molar-refractivity contribution in [2.75, 3.05) is 13.7 Å². The van der Waals surface area contributed by atoms with Gasteiger partial charge in [0, 0.05) is 32.3 Å². The Morgan fingerprint density at radius 1 is 1.50 bits per heavy atom. The van der Waals surface area contributed by atoms with Gasteiger partial charge in [0.1, 0.15) is 12.6 Å². The first-order valence-electron chi connectivity index (χ1n) is 7.49. The fourth-order valence-electron chi connectivity index (χ4n) is 2.78. The van der Waals surface area contributed by atoms with E-state index in [1.54, 1.807) is 10.9 Å². The highest BCUT2D eigenvalue weighted by Crippen LogP contribution is 2.22. The topological polar surface area (TPSA) is 111 Å². The van der Waals surface area contributed by atoms with Crippen molar-refractivity contribution in [3.63, 3.8) is 0 Å². The van der Waals surface area contributed by atoms with E-state index in [1.807, 2.05) is 13.1 Å². The van der Waals surface area contributed by atoms with Crippen LogP contribution < -0.4 is 0 Å². The molecule has 2 unspecified atom stereocenters. The van der Waals surface area contributed by atoms with Crippen LogP contribution in [0.3, 0.4) is 0 Å². The Morgan fingerprint density at radius 2 is 2.29 bits per heavy atom. The van der Waals surface area contributed by atoms with Crippen molar-refractivity contribution < 1.29 is 24.0 Å². The molecule has 0 radical (unpaired) electrons. The normalized spacial score (nSPS) is 20.5. The molecule has 1 saturated heterocycles. The summed E-state index contributed by atoms with van der Waals surface area (Å²) in [5, 5.41) is 17.2. The van der Waals surface area contributed by atoms with E-state index in [0.717, 1.165) is 5.56 Å². The molecule has 9 nitrogen and oxygen atoms in total. The third-order valence-electron chi connectivity index (χ3n) is 4.00. The molecule has 0 aromatic carbocycles. The molecule has 0 bridgehead atoms. The lowest BCUT2D eigenvalue weighted by molar-refractivity contribution is -0.141. The van der Waals surface area contributed by atoms with Crippen LogP contribution in [0.5, 0.6) is 0 Å². The number of aliphatic carboxylic acids is 1. The lowest BCUT2D eigenvalue weighted by atomic mass is 10.2. The number of carboxylic acids is 1. The Hall–Kier alpha value is -2.68. The van der Waals surface area contributed by atoms with Crippen molar-refractivity contribution in [1.82, 2.24) is 19.8 Å². The van der Waals surface area contributed by atoms with Gasteiger partial charge in [-0.1, -0.05) is 5.16 Å². The summed E-state index contributed by atoms with van der Waals surface area (Å²) in [5.74, 6) is -1.07. The highest BCUT2D eigenvalue weighted by Gasteiger charge is 2.41. The highest BCUT2D eigenvalue weighted by atomic mass is 16.5. The monoisotopic (exact) mass is 334 g/mol. The smallest absolute Gasteiger partial charge is 0.326 e. The van der Waals surface area contributed by atoms with Crippen LogP contribution in [0.4, 0.5) is 0 Å². The van der Waals surface area contributed by atoms with Gasteiger partial charge in [-0.2, -0.15) is 5.10 Å². The second-order valence-corrected chi connectivity index (χ2v) is 5.80. The molecule has 2 aromatic heterocycles. The first kappa shape index (κ1) is 16.2. The molecule has 2 aromatic rings. The molecular formula is C15H18N4O5. The van der Waals surface area contributed by atoms with Gasteiger partial charge < -0.3 is 19.3 Å². The van der Waals surface area contributed by atoms with Gasteiger partial charge in [-0.25, -0.2) is 4.79 Å². The van der Waals surface area contributed by atoms with Crippen molar-refractivity contribution in [1.29, 1.82) is 0 Å². The molecule has 2 atom stereocenters. The molecule has 1 amide bonds. The standard InChI is InChI=1S/C15H18N4O5/c1-9-5-16-18(6-9)7-11-3-12(17-24-11)14(20)19-8-10(23-2)4-13(19)15(21)22/h3,5-6,10,13H,4,7-8H2,1-2H3,(H,21,22). The molecule has 0 spiro atoms. The molecule has 1 aliphatic rings. The van der Waals surface area contributed by atoms with Crippen LogP contribution in [-0.4, -0.2) is 62.6 Å². The van der Waals surface area contributed by atoms with Crippen LogP contribution in [0, 0.1) is 6.92 Å². The minimum atomic E-state index is -1.06. The SMILES string of the molecule is COC1CC(C(=O)O)N(C(=O)c2cc(Cn3cc(C)cn3)on2)C1. The Morgan fingerprint density at radius 3 is 2.92 bits per heavy atom. The zero-order valence-electron chi connectivity index (χ0n) is 13.4. The molecule has 9 heteroatoms. The average molecular weight is 334 g/mol. The molecule has 0 saturated carbocycles. The number of hydrogen-bond donors (Lipinski definition) is 1. The van der Waals surface area contributed by atoms with Crippen molar-refractivity contribution >= 4 is 11.9 Å². The number of hydrogen-bond acceptors (Lipinski definition) is 6. The maximum atomic E-state index is 12.6. The Labute approximate surface area is 137 Å². The minimum absolute atomic E-state index is 0.0804. The number of aryl methyl sites for hydroxylation is 1. The quantitative estimate of drug-likeness (QED) is 0.849.